The summed E-state index contributed by atoms with van der Waals surface area (Å²) >= 11 is 0. The first kappa shape index (κ1) is 17.9. The zero-order chi connectivity index (χ0) is 15.1. The molecule has 5 heteroatoms. The molecule has 0 saturated carbocycles. The third-order valence-corrected chi connectivity index (χ3v) is 3.77. The average Bonchev–Trinajstić information content (AvgIpc) is 2.82. The maximum Gasteiger partial charge on any atom is 0.0589 e. The quantitative estimate of drug-likeness (QED) is 0.655. The first-order valence-corrected chi connectivity index (χ1v) is 7.56. The van der Waals surface area contributed by atoms with Crippen LogP contribution in [0, 0.1) is 5.41 Å². The summed E-state index contributed by atoms with van der Waals surface area (Å²) in [6, 6.07) is 0. The predicted molar refractivity (Wildman–Crippen MR) is 81.0 cm³/mol. The Morgan fingerprint density at radius 1 is 1.35 bits per heavy atom. The Labute approximate surface area is 123 Å². The monoisotopic (exact) mass is 288 g/mol. The summed E-state index contributed by atoms with van der Waals surface area (Å²) in [4.78, 5) is 2.28. The van der Waals surface area contributed by atoms with Gasteiger partial charge in [-0.3, -0.25) is 4.90 Å². The van der Waals surface area contributed by atoms with Crippen LogP contribution in [0.2, 0.25) is 0 Å². The molecule has 1 aliphatic heterocycles. The molecule has 1 rings (SSSR count). The second-order valence-corrected chi connectivity index (χ2v) is 6.90. The van der Waals surface area contributed by atoms with Gasteiger partial charge in [0.15, 0.2) is 0 Å². The zero-order valence-corrected chi connectivity index (χ0v) is 13.6. The van der Waals surface area contributed by atoms with E-state index in [4.69, 9.17) is 9.47 Å². The van der Waals surface area contributed by atoms with Crippen molar-refractivity contribution in [2.75, 3.05) is 59.7 Å². The molecule has 20 heavy (non-hydrogen) atoms. The molecular weight excluding hydrogens is 256 g/mol. The molecule has 0 aromatic rings. The number of methoxy groups -OCH3 is 1. The van der Waals surface area contributed by atoms with Crippen molar-refractivity contribution >= 4 is 0 Å². The predicted octanol–water partition coefficient (Wildman–Crippen LogP) is 0.722. The summed E-state index contributed by atoms with van der Waals surface area (Å²) in [7, 11) is 1.72. The van der Waals surface area contributed by atoms with Crippen LogP contribution < -0.4 is 5.32 Å². The molecule has 1 fully saturated rings. The number of aliphatic hydroxyl groups is 1. The second-order valence-electron chi connectivity index (χ2n) is 6.90. The first-order chi connectivity index (χ1) is 9.41. The fraction of sp³-hybridized carbons (Fsp3) is 1.00. The molecular formula is C15H32N2O3. The molecule has 0 spiro atoms. The van der Waals surface area contributed by atoms with E-state index >= 15 is 0 Å². The number of hydrogen-bond donors (Lipinski definition) is 2. The van der Waals surface area contributed by atoms with Crippen LogP contribution >= 0.6 is 0 Å². The fourth-order valence-electron chi connectivity index (χ4n) is 2.53. The van der Waals surface area contributed by atoms with Crippen LogP contribution in [0.3, 0.4) is 0 Å². The highest BCUT2D eigenvalue weighted by Crippen LogP contribution is 2.29. The third-order valence-electron chi connectivity index (χ3n) is 3.77. The van der Waals surface area contributed by atoms with Crippen LogP contribution in [0.5, 0.6) is 0 Å². The van der Waals surface area contributed by atoms with Gasteiger partial charge in [-0.15, -0.1) is 0 Å². The molecule has 0 aliphatic carbocycles. The van der Waals surface area contributed by atoms with E-state index in [0.717, 1.165) is 39.3 Å². The molecule has 1 atom stereocenters. The molecule has 1 unspecified atom stereocenters. The van der Waals surface area contributed by atoms with Gasteiger partial charge in [0, 0.05) is 50.8 Å². The van der Waals surface area contributed by atoms with Crippen LogP contribution in [-0.4, -0.2) is 75.3 Å². The van der Waals surface area contributed by atoms with Crippen molar-refractivity contribution in [3.05, 3.63) is 0 Å². The van der Waals surface area contributed by atoms with Crippen molar-refractivity contribution in [2.24, 2.45) is 5.41 Å². The van der Waals surface area contributed by atoms with Crippen LogP contribution in [0.1, 0.15) is 27.2 Å². The van der Waals surface area contributed by atoms with Gasteiger partial charge in [0.2, 0.25) is 0 Å². The number of hydrogen-bond acceptors (Lipinski definition) is 5. The van der Waals surface area contributed by atoms with Gasteiger partial charge in [-0.25, -0.2) is 0 Å². The molecule has 120 valence electrons. The molecule has 5 nitrogen and oxygen atoms in total. The minimum atomic E-state index is 0.115. The van der Waals surface area contributed by atoms with Crippen LogP contribution in [0.4, 0.5) is 0 Å². The van der Waals surface area contributed by atoms with Gasteiger partial charge in [-0.2, -0.15) is 0 Å². The summed E-state index contributed by atoms with van der Waals surface area (Å²) in [5.74, 6) is 0. The van der Waals surface area contributed by atoms with E-state index in [9.17, 15) is 5.11 Å². The van der Waals surface area contributed by atoms with Gasteiger partial charge >= 0.3 is 0 Å². The van der Waals surface area contributed by atoms with E-state index in [-0.39, 0.29) is 17.6 Å². The second kappa shape index (κ2) is 8.29. The molecule has 0 aromatic carbocycles. The van der Waals surface area contributed by atoms with E-state index in [0.29, 0.717) is 13.2 Å². The Balaban J connectivity index is 2.58. The summed E-state index contributed by atoms with van der Waals surface area (Å²) in [5, 5.41) is 12.8. The lowest BCUT2D eigenvalue weighted by molar-refractivity contribution is 0.0730. The molecule has 0 bridgehead atoms. The standard InChI is InChI=1S/C15H32N2O3/c1-14(2,3)16-11-15(5-9-20-13-15)12-17(6-8-18)7-10-19-4/h16,18H,5-13H2,1-4H3. The highest BCUT2D eigenvalue weighted by atomic mass is 16.5. The van der Waals surface area contributed by atoms with Crippen molar-refractivity contribution in [1.29, 1.82) is 0 Å². The van der Waals surface area contributed by atoms with Crippen molar-refractivity contribution < 1.29 is 14.6 Å². The summed E-state index contributed by atoms with van der Waals surface area (Å²) in [6.45, 7) is 12.5. The Kier molecular flexibility index (Phi) is 7.40. The van der Waals surface area contributed by atoms with Crippen molar-refractivity contribution in [1.82, 2.24) is 10.2 Å². The van der Waals surface area contributed by atoms with Crippen LogP contribution in [0.25, 0.3) is 0 Å². The Morgan fingerprint density at radius 2 is 2.10 bits per heavy atom. The number of nitrogens with zero attached hydrogens (tertiary/aromatic N) is 1. The van der Waals surface area contributed by atoms with Gasteiger partial charge < -0.3 is 19.9 Å². The Hall–Kier alpha value is -0.200. The minimum absolute atomic E-state index is 0.115. The molecule has 1 aliphatic rings. The lowest BCUT2D eigenvalue weighted by Crippen LogP contribution is -2.50. The lowest BCUT2D eigenvalue weighted by Gasteiger charge is -2.36. The maximum atomic E-state index is 9.22. The van der Waals surface area contributed by atoms with E-state index < -0.39 is 0 Å². The van der Waals surface area contributed by atoms with E-state index in [1.807, 2.05) is 0 Å². The van der Waals surface area contributed by atoms with Crippen molar-refractivity contribution in [3.63, 3.8) is 0 Å². The number of nitrogens with one attached hydrogen (secondary N) is 1. The van der Waals surface area contributed by atoms with E-state index in [2.05, 4.69) is 31.0 Å². The molecule has 0 amide bonds. The Morgan fingerprint density at radius 3 is 2.60 bits per heavy atom. The van der Waals surface area contributed by atoms with Crippen LogP contribution in [-0.2, 0) is 9.47 Å². The van der Waals surface area contributed by atoms with E-state index in [1.165, 1.54) is 0 Å². The number of rotatable bonds is 9. The highest BCUT2D eigenvalue weighted by Gasteiger charge is 2.37. The summed E-state index contributed by atoms with van der Waals surface area (Å²) in [6.07, 6.45) is 1.07. The van der Waals surface area contributed by atoms with Gasteiger partial charge in [0.05, 0.1) is 19.8 Å². The zero-order valence-electron chi connectivity index (χ0n) is 13.6. The average molecular weight is 288 g/mol. The first-order valence-electron chi connectivity index (χ1n) is 7.56. The number of ether oxygens (including phenoxy) is 2. The van der Waals surface area contributed by atoms with Crippen LogP contribution in [0.15, 0.2) is 0 Å². The molecule has 2 N–H and O–H groups in total. The van der Waals surface area contributed by atoms with Crippen molar-refractivity contribution in [3.8, 4) is 0 Å². The lowest BCUT2D eigenvalue weighted by atomic mass is 9.85. The van der Waals surface area contributed by atoms with Crippen molar-refractivity contribution in [2.45, 2.75) is 32.7 Å². The molecule has 1 heterocycles. The Bertz CT molecular complexity index is 260. The molecule has 0 aromatic heterocycles. The van der Waals surface area contributed by atoms with Gasteiger partial charge in [-0.05, 0) is 27.2 Å². The minimum Gasteiger partial charge on any atom is -0.395 e. The third kappa shape index (κ3) is 6.50. The summed E-state index contributed by atoms with van der Waals surface area (Å²) < 4.78 is 10.8. The molecule has 0 radical (unpaired) electrons. The smallest absolute Gasteiger partial charge is 0.0589 e. The van der Waals surface area contributed by atoms with E-state index in [1.54, 1.807) is 7.11 Å². The normalized spacial score (nSPS) is 23.7. The SMILES string of the molecule is COCCN(CCO)CC1(CNC(C)(C)C)CCOC1. The number of aliphatic hydroxyl groups excluding tert-OH is 1. The fourth-order valence-corrected chi connectivity index (χ4v) is 2.53. The largest absolute Gasteiger partial charge is 0.395 e. The van der Waals surface area contributed by atoms with Gasteiger partial charge in [-0.1, -0.05) is 0 Å². The van der Waals surface area contributed by atoms with Gasteiger partial charge in [0.1, 0.15) is 0 Å². The maximum absolute atomic E-state index is 9.22. The topological polar surface area (TPSA) is 54.0 Å². The summed E-state index contributed by atoms with van der Waals surface area (Å²) in [5.41, 5.74) is 0.264. The molecule has 1 saturated heterocycles. The highest BCUT2D eigenvalue weighted by molar-refractivity contribution is 4.90. The van der Waals surface area contributed by atoms with Gasteiger partial charge in [0.25, 0.3) is 0 Å².